The van der Waals surface area contributed by atoms with Crippen LogP contribution in [0.1, 0.15) is 62.1 Å². The van der Waals surface area contributed by atoms with Crippen LogP contribution in [0.4, 0.5) is 0 Å². The monoisotopic (exact) mass is 1110 g/mol. The van der Waals surface area contributed by atoms with Crippen LogP contribution >= 0.6 is 0 Å². The molecule has 0 bridgehead atoms. The highest BCUT2D eigenvalue weighted by Gasteiger charge is 2.56. The number of aromatic carboxylic acids is 1. The van der Waals surface area contributed by atoms with E-state index in [0.29, 0.717) is 48.5 Å². The number of hydrogen-bond donors (Lipinski definition) is 18. The molecule has 0 aromatic heterocycles. The number of phenols is 17. The van der Waals surface area contributed by atoms with E-state index in [1.54, 1.807) is 0 Å². The molecule has 6 aromatic rings. The van der Waals surface area contributed by atoms with Gasteiger partial charge >= 0.3 is 35.8 Å². The summed E-state index contributed by atoms with van der Waals surface area (Å²) < 4.78 is 39.1. The molecule has 31 nitrogen and oxygen atoms in total. The summed E-state index contributed by atoms with van der Waals surface area (Å²) in [5.74, 6) is -36.0. The predicted molar refractivity (Wildman–Crippen MR) is 245 cm³/mol. The van der Waals surface area contributed by atoms with Crippen LogP contribution in [0.15, 0.2) is 54.6 Å². The summed E-state index contributed by atoms with van der Waals surface area (Å²) in [4.78, 5) is 83.1. The zero-order valence-electron chi connectivity index (χ0n) is 38.6. The van der Waals surface area contributed by atoms with Gasteiger partial charge in [0.1, 0.15) is 18.3 Å². The Balaban J connectivity index is 1.35. The van der Waals surface area contributed by atoms with Crippen molar-refractivity contribution in [3.05, 3.63) is 88.0 Å². The first-order valence-electron chi connectivity index (χ1n) is 21.6. The van der Waals surface area contributed by atoms with Crippen molar-refractivity contribution in [3.8, 4) is 120 Å². The second-order valence-corrected chi connectivity index (χ2v) is 16.6. The summed E-state index contributed by atoms with van der Waals surface area (Å²) in [7, 11) is 0. The number of benzene rings is 6. The Morgan fingerprint density at radius 3 is 1.34 bits per heavy atom. The zero-order chi connectivity index (χ0) is 58.0. The molecule has 0 saturated carbocycles. The summed E-state index contributed by atoms with van der Waals surface area (Å²) in [6.07, 6.45) is -13.3. The number of hydrogen-bond acceptors (Lipinski definition) is 30. The van der Waals surface area contributed by atoms with E-state index in [9.17, 15) is 121 Å². The van der Waals surface area contributed by atoms with Gasteiger partial charge in [0, 0.05) is 17.2 Å². The average Bonchev–Trinajstić information content (AvgIpc) is 3.66. The Kier molecular flexibility index (Phi) is 13.6. The third-order valence-corrected chi connectivity index (χ3v) is 11.7. The van der Waals surface area contributed by atoms with Crippen LogP contribution in [0, 0.1) is 0 Å². The first-order valence-corrected chi connectivity index (χ1v) is 21.6. The van der Waals surface area contributed by atoms with Crippen molar-refractivity contribution in [2.45, 2.75) is 30.7 Å². The van der Waals surface area contributed by atoms with Gasteiger partial charge in [-0.05, 0) is 48.5 Å². The largest absolute Gasteiger partial charge is 0.504 e. The van der Waals surface area contributed by atoms with Gasteiger partial charge in [-0.3, -0.25) is 0 Å². The van der Waals surface area contributed by atoms with Crippen molar-refractivity contribution in [2.75, 3.05) is 6.61 Å². The van der Waals surface area contributed by atoms with Gasteiger partial charge in [-0.25, -0.2) is 28.8 Å². The van der Waals surface area contributed by atoms with Crippen LogP contribution in [0.25, 0.3) is 11.1 Å². The second kappa shape index (κ2) is 20.0. The third kappa shape index (κ3) is 9.63. The maximum Gasteiger partial charge on any atom is 0.342 e. The van der Waals surface area contributed by atoms with Gasteiger partial charge in [0.15, 0.2) is 92.7 Å². The topological polar surface area (TPSA) is 531 Å². The van der Waals surface area contributed by atoms with Crippen molar-refractivity contribution in [1.82, 2.24) is 0 Å². The molecular weight excluding hydrogens is 1070 g/mol. The van der Waals surface area contributed by atoms with E-state index >= 15 is 0 Å². The van der Waals surface area contributed by atoms with Crippen molar-refractivity contribution in [1.29, 1.82) is 0 Å². The fourth-order valence-corrected chi connectivity index (χ4v) is 7.86. The number of rotatable bonds is 9. The van der Waals surface area contributed by atoms with E-state index in [2.05, 4.69) is 0 Å². The zero-order valence-corrected chi connectivity index (χ0v) is 38.6. The molecule has 0 radical (unpaired) electrons. The number of carbonyl (C=O) groups excluding carboxylic acids is 5. The lowest BCUT2D eigenvalue weighted by Crippen LogP contribution is -2.63. The second-order valence-electron chi connectivity index (χ2n) is 16.6. The summed E-state index contributed by atoms with van der Waals surface area (Å²) in [6, 6.07) is 3.93. The van der Waals surface area contributed by atoms with Crippen LogP contribution in [0.3, 0.4) is 0 Å². The lowest BCUT2D eigenvalue weighted by molar-refractivity contribution is -0.282. The molecule has 0 spiro atoms. The number of phenolic OH excluding ortho intramolecular Hbond substituents is 17. The fraction of sp³-hybridized carbons (Fsp3) is 0.125. The van der Waals surface area contributed by atoms with Gasteiger partial charge in [0.05, 0.1) is 27.8 Å². The molecular formula is C48H34O31. The molecule has 1 fully saturated rings. The van der Waals surface area contributed by atoms with Crippen LogP contribution in [-0.4, -0.2) is 165 Å². The number of esters is 5. The van der Waals surface area contributed by atoms with Gasteiger partial charge in [0.2, 0.25) is 41.1 Å². The average molecular weight is 1110 g/mol. The highest BCUT2D eigenvalue weighted by molar-refractivity contribution is 6.08. The number of carboxylic acids is 1. The Labute approximate surface area is 434 Å². The maximum absolute atomic E-state index is 14.7. The Morgan fingerprint density at radius 2 is 0.848 bits per heavy atom. The van der Waals surface area contributed by atoms with Crippen molar-refractivity contribution >= 4 is 35.8 Å². The maximum atomic E-state index is 14.7. The smallest absolute Gasteiger partial charge is 0.342 e. The number of carboxylic acid groups (broad SMARTS) is 1. The van der Waals surface area contributed by atoms with Crippen LogP contribution in [-0.2, 0) is 28.4 Å². The molecule has 18 N–H and O–H groups in total. The molecule has 2 unspecified atom stereocenters. The molecule has 2 heterocycles. The SMILES string of the molecule is O=C(O)c1cc(O)c(Oc2c(C(=O)O[C@H]3C(OC(=O)c4cc(O)c(O)c(O)c4)[C@@H]4OC(=O)c5cc(O)c(O)c(O)c5-c5c(cc(O)c(O)c5O)C(=O)OCC4O[C@H]3OC(=O)c3cc(O)c(O)c(O)c3)cc(O)c(O)c2O)c(O)c1. The summed E-state index contributed by atoms with van der Waals surface area (Å²) in [5.41, 5.74) is -8.43. The molecule has 412 valence electrons. The van der Waals surface area contributed by atoms with Crippen LogP contribution in [0.5, 0.6) is 109 Å². The normalized spacial score (nSPS) is 17.7. The van der Waals surface area contributed by atoms with E-state index in [1.807, 2.05) is 0 Å². The van der Waals surface area contributed by atoms with E-state index in [0.717, 1.165) is 0 Å². The van der Waals surface area contributed by atoms with E-state index < -0.39 is 227 Å². The van der Waals surface area contributed by atoms with E-state index in [4.69, 9.17) is 33.2 Å². The molecule has 5 atom stereocenters. The number of carbonyl (C=O) groups is 6. The highest BCUT2D eigenvalue weighted by Crippen LogP contribution is 2.54. The number of ether oxygens (including phenoxy) is 7. The number of fused-ring (bicyclic) bond motifs is 4. The number of aromatic hydroxyl groups is 17. The minimum Gasteiger partial charge on any atom is -0.504 e. The molecule has 0 aliphatic carbocycles. The Hall–Kier alpha value is -11.5. The summed E-state index contributed by atoms with van der Waals surface area (Å²) in [6.45, 7) is -1.38. The van der Waals surface area contributed by atoms with Crippen molar-refractivity contribution in [2.24, 2.45) is 0 Å². The number of cyclic esters (lactones) is 1. The highest BCUT2D eigenvalue weighted by atomic mass is 16.7. The third-order valence-electron chi connectivity index (χ3n) is 11.7. The molecule has 2 aliphatic rings. The fourth-order valence-electron chi connectivity index (χ4n) is 7.86. The molecule has 2 aliphatic heterocycles. The van der Waals surface area contributed by atoms with Gasteiger partial charge < -0.3 is 125 Å². The summed E-state index contributed by atoms with van der Waals surface area (Å²) >= 11 is 0. The van der Waals surface area contributed by atoms with E-state index in [-0.39, 0.29) is 6.07 Å². The Bertz CT molecular complexity index is 3550. The lowest BCUT2D eigenvalue weighted by atomic mass is 9.92. The van der Waals surface area contributed by atoms with Gasteiger partial charge in [-0.15, -0.1) is 0 Å². The summed E-state index contributed by atoms with van der Waals surface area (Å²) in [5, 5.41) is 189. The standard InChI is InChI=1S/C48H34O31/c49-17-3-12(4-18(50)29(17)58)43(68)77-40-39-26(10-73-45(70)14-7-21(53)31(60)34(63)27(14)28-15(46(71)76-39)8-22(54)32(61)35(28)64)74-48(79-44(69)13-5-19(51)30(59)20(52)6-13)41(40)78-47(72)16-9-23(55)33(62)36(65)37(16)75-38-24(56)1-11(42(66)67)2-25(38)57/h1-9,26,39-41,48-65H,10H2,(H,66,67)/t26?,39-,40?,41+,48+/m1/s1. The van der Waals surface area contributed by atoms with Crippen LogP contribution < -0.4 is 4.74 Å². The quantitative estimate of drug-likeness (QED) is 0.0562. The predicted octanol–water partition coefficient (Wildman–Crippen LogP) is 2.57. The van der Waals surface area contributed by atoms with Gasteiger partial charge in [-0.2, -0.15) is 0 Å². The first kappa shape index (κ1) is 53.8. The van der Waals surface area contributed by atoms with Crippen molar-refractivity contribution < 1.29 is 154 Å². The molecule has 8 rings (SSSR count). The molecule has 6 aromatic carbocycles. The molecule has 31 heteroatoms. The van der Waals surface area contributed by atoms with Gasteiger partial charge in [-0.1, -0.05) is 0 Å². The Morgan fingerprint density at radius 1 is 0.430 bits per heavy atom. The van der Waals surface area contributed by atoms with Gasteiger partial charge in [0.25, 0.3) is 0 Å². The van der Waals surface area contributed by atoms with Crippen LogP contribution in [0.2, 0.25) is 0 Å². The lowest BCUT2D eigenvalue weighted by Gasteiger charge is -2.43. The molecule has 1 saturated heterocycles. The first-order chi connectivity index (χ1) is 37.1. The molecule has 79 heavy (non-hydrogen) atoms. The van der Waals surface area contributed by atoms with Crippen molar-refractivity contribution in [3.63, 3.8) is 0 Å². The molecule has 0 amide bonds. The minimum absolute atomic E-state index is 0.269. The van der Waals surface area contributed by atoms with E-state index in [1.165, 1.54) is 0 Å². The minimum atomic E-state index is -2.83.